The fourth-order valence-electron chi connectivity index (χ4n) is 1.87. The Bertz CT molecular complexity index is 477. The molecule has 1 heterocycles. The lowest BCUT2D eigenvalue weighted by atomic mass is 10.2. The van der Waals surface area contributed by atoms with Crippen LogP contribution in [0.1, 0.15) is 18.2 Å². The fourth-order valence-corrected chi connectivity index (χ4v) is 1.87. The molecule has 17 heavy (non-hydrogen) atoms. The summed E-state index contributed by atoms with van der Waals surface area (Å²) in [6, 6.07) is 11.6. The first kappa shape index (κ1) is 11.7. The summed E-state index contributed by atoms with van der Waals surface area (Å²) in [7, 11) is 0. The van der Waals surface area contributed by atoms with Crippen LogP contribution in [0.25, 0.3) is 0 Å². The van der Waals surface area contributed by atoms with E-state index >= 15 is 0 Å². The molecule has 0 bridgehead atoms. The minimum Gasteiger partial charge on any atom is -0.508 e. The van der Waals surface area contributed by atoms with Gasteiger partial charge in [0.05, 0.1) is 0 Å². The van der Waals surface area contributed by atoms with Gasteiger partial charge in [-0.3, -0.25) is 0 Å². The first-order chi connectivity index (χ1) is 8.29. The lowest BCUT2D eigenvalue weighted by Gasteiger charge is -2.10. The molecule has 0 saturated carbocycles. The predicted octanol–water partition coefficient (Wildman–Crippen LogP) is 2.35. The van der Waals surface area contributed by atoms with Gasteiger partial charge in [-0.25, -0.2) is 0 Å². The molecule has 0 aliphatic rings. The van der Waals surface area contributed by atoms with Crippen molar-refractivity contribution in [2.24, 2.45) is 0 Å². The van der Waals surface area contributed by atoms with Gasteiger partial charge in [-0.15, -0.1) is 0 Å². The Morgan fingerprint density at radius 1 is 1.24 bits per heavy atom. The van der Waals surface area contributed by atoms with Crippen LogP contribution >= 0.6 is 0 Å². The maximum Gasteiger partial charge on any atom is 0.115 e. The largest absolute Gasteiger partial charge is 0.508 e. The summed E-state index contributed by atoms with van der Waals surface area (Å²) in [5.41, 5.74) is 2.37. The smallest absolute Gasteiger partial charge is 0.115 e. The molecular weight excluding hydrogens is 212 g/mol. The van der Waals surface area contributed by atoms with Gasteiger partial charge in [-0.05, 0) is 36.4 Å². The zero-order valence-electron chi connectivity index (χ0n) is 10.1. The maximum atomic E-state index is 9.43. The fraction of sp³-hybridized carbons (Fsp3) is 0.286. The number of hydrogen-bond acceptors (Lipinski definition) is 2. The molecule has 0 fully saturated rings. The lowest BCUT2D eigenvalue weighted by Crippen LogP contribution is -2.15. The number of phenolic OH excluding ortho intramolecular Hbond substituents is 1. The van der Waals surface area contributed by atoms with Crippen molar-refractivity contribution >= 4 is 0 Å². The van der Waals surface area contributed by atoms with Gasteiger partial charge >= 0.3 is 0 Å². The number of nitrogens with one attached hydrogen (secondary N) is 1. The molecule has 3 nitrogen and oxygen atoms in total. The Kier molecular flexibility index (Phi) is 3.83. The molecular formula is C14H18N2O. The molecule has 2 N–H and O–H groups in total. The van der Waals surface area contributed by atoms with E-state index in [0.29, 0.717) is 5.75 Å². The number of rotatable bonds is 5. The summed E-state index contributed by atoms with van der Waals surface area (Å²) in [5.74, 6) is 0.322. The van der Waals surface area contributed by atoms with Gasteiger partial charge < -0.3 is 15.0 Å². The number of phenols is 1. The van der Waals surface area contributed by atoms with Gasteiger partial charge in [0.1, 0.15) is 5.75 Å². The lowest BCUT2D eigenvalue weighted by molar-refractivity contribution is 0.474. The SMILES string of the molecule is CCNCc1cccn1Cc1cccc(O)c1. The second-order valence-electron chi connectivity index (χ2n) is 4.08. The first-order valence-electron chi connectivity index (χ1n) is 5.92. The molecule has 90 valence electrons. The van der Waals surface area contributed by atoms with Crippen LogP contribution in [0.2, 0.25) is 0 Å². The highest BCUT2D eigenvalue weighted by Gasteiger charge is 2.01. The molecule has 0 atom stereocenters. The molecule has 0 spiro atoms. The van der Waals surface area contributed by atoms with Crippen LogP contribution < -0.4 is 5.32 Å². The molecule has 0 radical (unpaired) electrons. The van der Waals surface area contributed by atoms with Crippen molar-refractivity contribution in [2.75, 3.05) is 6.54 Å². The zero-order chi connectivity index (χ0) is 12.1. The average Bonchev–Trinajstić information content (AvgIpc) is 2.74. The van der Waals surface area contributed by atoms with E-state index in [1.54, 1.807) is 12.1 Å². The summed E-state index contributed by atoms with van der Waals surface area (Å²) in [4.78, 5) is 0. The van der Waals surface area contributed by atoms with E-state index in [0.717, 1.165) is 25.2 Å². The quantitative estimate of drug-likeness (QED) is 0.827. The van der Waals surface area contributed by atoms with Crippen molar-refractivity contribution in [3.05, 3.63) is 53.9 Å². The summed E-state index contributed by atoms with van der Waals surface area (Å²) < 4.78 is 2.19. The van der Waals surface area contributed by atoms with Crippen LogP contribution in [-0.2, 0) is 13.1 Å². The third kappa shape index (κ3) is 3.11. The van der Waals surface area contributed by atoms with E-state index in [1.807, 2.05) is 12.1 Å². The van der Waals surface area contributed by atoms with Crippen LogP contribution in [0.3, 0.4) is 0 Å². The van der Waals surface area contributed by atoms with Gasteiger partial charge in [0, 0.05) is 25.0 Å². The predicted molar refractivity (Wildman–Crippen MR) is 69.0 cm³/mol. The molecule has 0 saturated heterocycles. The normalized spacial score (nSPS) is 10.6. The number of aromatic nitrogens is 1. The monoisotopic (exact) mass is 230 g/mol. The van der Waals surface area contributed by atoms with Crippen molar-refractivity contribution in [3.8, 4) is 5.75 Å². The Labute approximate surface area is 102 Å². The van der Waals surface area contributed by atoms with E-state index < -0.39 is 0 Å². The third-order valence-electron chi connectivity index (χ3n) is 2.74. The van der Waals surface area contributed by atoms with Gasteiger partial charge in [0.15, 0.2) is 0 Å². The van der Waals surface area contributed by atoms with E-state index in [4.69, 9.17) is 0 Å². The number of aromatic hydroxyl groups is 1. The Balaban J connectivity index is 2.10. The van der Waals surface area contributed by atoms with Gasteiger partial charge in [0.2, 0.25) is 0 Å². The van der Waals surface area contributed by atoms with Gasteiger partial charge in [-0.1, -0.05) is 19.1 Å². The van der Waals surface area contributed by atoms with E-state index in [-0.39, 0.29) is 0 Å². The van der Waals surface area contributed by atoms with E-state index in [2.05, 4.69) is 35.1 Å². The Morgan fingerprint density at radius 3 is 2.88 bits per heavy atom. The molecule has 1 aromatic carbocycles. The standard InChI is InChI=1S/C14H18N2O/c1-2-15-10-13-6-4-8-16(13)11-12-5-3-7-14(17)9-12/h3-9,15,17H,2,10-11H2,1H3. The minimum atomic E-state index is 0.322. The molecule has 2 rings (SSSR count). The van der Waals surface area contributed by atoms with Gasteiger partial charge in [0.25, 0.3) is 0 Å². The summed E-state index contributed by atoms with van der Waals surface area (Å²) in [5, 5.41) is 12.7. The molecule has 1 aromatic heterocycles. The zero-order valence-corrected chi connectivity index (χ0v) is 10.1. The number of nitrogens with zero attached hydrogens (tertiary/aromatic N) is 1. The van der Waals surface area contributed by atoms with Crippen molar-refractivity contribution in [3.63, 3.8) is 0 Å². The molecule has 0 aliphatic heterocycles. The number of hydrogen-bond donors (Lipinski definition) is 2. The molecule has 0 unspecified atom stereocenters. The summed E-state index contributed by atoms with van der Waals surface area (Å²) >= 11 is 0. The molecule has 0 amide bonds. The van der Waals surface area contributed by atoms with Crippen LogP contribution in [0.5, 0.6) is 5.75 Å². The van der Waals surface area contributed by atoms with Crippen molar-refractivity contribution < 1.29 is 5.11 Å². The second-order valence-corrected chi connectivity index (χ2v) is 4.08. The van der Waals surface area contributed by atoms with Crippen LogP contribution in [0.15, 0.2) is 42.6 Å². The molecule has 0 aliphatic carbocycles. The van der Waals surface area contributed by atoms with Crippen LogP contribution in [0.4, 0.5) is 0 Å². The van der Waals surface area contributed by atoms with Crippen LogP contribution in [-0.4, -0.2) is 16.2 Å². The topological polar surface area (TPSA) is 37.2 Å². The summed E-state index contributed by atoms with van der Waals surface area (Å²) in [6.45, 7) is 4.74. The van der Waals surface area contributed by atoms with Crippen molar-refractivity contribution in [1.29, 1.82) is 0 Å². The van der Waals surface area contributed by atoms with Crippen molar-refractivity contribution in [1.82, 2.24) is 9.88 Å². The highest BCUT2D eigenvalue weighted by molar-refractivity contribution is 5.27. The third-order valence-corrected chi connectivity index (χ3v) is 2.74. The van der Waals surface area contributed by atoms with Crippen LogP contribution in [0, 0.1) is 0 Å². The Morgan fingerprint density at radius 2 is 2.12 bits per heavy atom. The van der Waals surface area contributed by atoms with E-state index in [9.17, 15) is 5.11 Å². The van der Waals surface area contributed by atoms with E-state index in [1.165, 1.54) is 5.69 Å². The average molecular weight is 230 g/mol. The minimum absolute atomic E-state index is 0.322. The maximum absolute atomic E-state index is 9.43. The summed E-state index contributed by atoms with van der Waals surface area (Å²) in [6.07, 6.45) is 2.07. The first-order valence-corrected chi connectivity index (χ1v) is 5.92. The highest BCUT2D eigenvalue weighted by atomic mass is 16.3. The molecule has 3 heteroatoms. The van der Waals surface area contributed by atoms with Gasteiger partial charge in [-0.2, -0.15) is 0 Å². The molecule has 2 aromatic rings. The van der Waals surface area contributed by atoms with Crippen molar-refractivity contribution in [2.45, 2.75) is 20.0 Å². The highest BCUT2D eigenvalue weighted by Crippen LogP contribution is 2.13. The number of benzene rings is 1. The second kappa shape index (κ2) is 5.55. The Hall–Kier alpha value is -1.74.